The molecule has 5 nitrogen and oxygen atoms in total. The highest BCUT2D eigenvalue weighted by Gasteiger charge is 2.39. The highest BCUT2D eigenvalue weighted by molar-refractivity contribution is 5.84. The molecule has 1 saturated carbocycles. The fourth-order valence-corrected chi connectivity index (χ4v) is 4.00. The van der Waals surface area contributed by atoms with Crippen LogP contribution < -0.4 is 0 Å². The second kappa shape index (κ2) is 13.1. The number of rotatable bonds is 14. The molecule has 0 aliphatic heterocycles. The van der Waals surface area contributed by atoms with Crippen LogP contribution in [-0.2, 0) is 9.59 Å². The van der Waals surface area contributed by atoms with Gasteiger partial charge in [-0.05, 0) is 25.2 Å². The van der Waals surface area contributed by atoms with Gasteiger partial charge in [-0.2, -0.15) is 0 Å². The van der Waals surface area contributed by atoms with Crippen molar-refractivity contribution in [1.82, 2.24) is 0 Å². The molecular formula is C22H38O5. The quantitative estimate of drug-likeness (QED) is 0.310. The topological polar surface area (TPSA) is 94.8 Å². The Bertz CT molecular complexity index is 473. The molecule has 1 aliphatic rings. The maximum absolute atomic E-state index is 12.2. The lowest BCUT2D eigenvalue weighted by Crippen LogP contribution is -2.19. The number of aliphatic hydroxyl groups is 2. The molecular weight excluding hydrogens is 344 g/mol. The van der Waals surface area contributed by atoms with Crippen molar-refractivity contribution in [3.63, 3.8) is 0 Å². The first-order valence-corrected chi connectivity index (χ1v) is 10.6. The normalized spacial score (nSPS) is 25.2. The van der Waals surface area contributed by atoms with Crippen molar-refractivity contribution in [3.05, 3.63) is 12.2 Å². The number of carboxylic acids is 1. The molecule has 0 heterocycles. The van der Waals surface area contributed by atoms with Crippen LogP contribution in [0, 0.1) is 17.8 Å². The van der Waals surface area contributed by atoms with Crippen molar-refractivity contribution < 1.29 is 24.9 Å². The Labute approximate surface area is 163 Å². The van der Waals surface area contributed by atoms with Gasteiger partial charge in [-0.1, -0.05) is 64.5 Å². The van der Waals surface area contributed by atoms with Gasteiger partial charge in [0, 0.05) is 24.7 Å². The summed E-state index contributed by atoms with van der Waals surface area (Å²) in [5, 5.41) is 29.1. The summed E-state index contributed by atoms with van der Waals surface area (Å²) in [5.74, 6) is -0.593. The van der Waals surface area contributed by atoms with Gasteiger partial charge < -0.3 is 15.3 Å². The molecule has 0 amide bonds. The predicted molar refractivity (Wildman–Crippen MR) is 106 cm³/mol. The van der Waals surface area contributed by atoms with Crippen molar-refractivity contribution in [2.24, 2.45) is 17.8 Å². The van der Waals surface area contributed by atoms with Gasteiger partial charge in [0.15, 0.2) is 0 Å². The molecule has 0 aromatic heterocycles. The molecule has 156 valence electrons. The lowest BCUT2D eigenvalue weighted by atomic mass is 9.88. The van der Waals surface area contributed by atoms with Gasteiger partial charge in [-0.3, -0.25) is 9.59 Å². The number of hydrogen-bond acceptors (Lipinski definition) is 4. The van der Waals surface area contributed by atoms with E-state index < -0.39 is 18.2 Å². The van der Waals surface area contributed by atoms with Crippen LogP contribution in [0.5, 0.6) is 0 Å². The van der Waals surface area contributed by atoms with Gasteiger partial charge in [0.05, 0.1) is 12.2 Å². The molecule has 0 unspecified atom stereocenters. The smallest absolute Gasteiger partial charge is 0.303 e. The molecule has 0 radical (unpaired) electrons. The number of hydrogen-bond donors (Lipinski definition) is 3. The van der Waals surface area contributed by atoms with Crippen molar-refractivity contribution >= 4 is 11.8 Å². The fourth-order valence-electron chi connectivity index (χ4n) is 4.00. The highest BCUT2D eigenvalue weighted by atomic mass is 16.4. The van der Waals surface area contributed by atoms with E-state index in [4.69, 9.17) is 5.11 Å². The largest absolute Gasteiger partial charge is 0.481 e. The van der Waals surface area contributed by atoms with Gasteiger partial charge in [0.2, 0.25) is 0 Å². The summed E-state index contributed by atoms with van der Waals surface area (Å²) in [6.45, 7) is 4.31. The van der Waals surface area contributed by atoms with E-state index in [0.717, 1.165) is 38.5 Å². The van der Waals surface area contributed by atoms with E-state index in [9.17, 15) is 19.8 Å². The average molecular weight is 383 g/mol. The third-order valence-corrected chi connectivity index (χ3v) is 5.64. The second-order valence-electron chi connectivity index (χ2n) is 8.20. The van der Waals surface area contributed by atoms with Gasteiger partial charge in [-0.15, -0.1) is 0 Å². The molecule has 0 bridgehead atoms. The number of unbranched alkanes of at least 4 members (excludes halogenated alkanes) is 4. The third kappa shape index (κ3) is 9.52. The molecule has 5 heteroatoms. The summed E-state index contributed by atoms with van der Waals surface area (Å²) >= 11 is 0. The number of carbonyl (C=O) groups excluding carboxylic acids is 1. The summed E-state index contributed by atoms with van der Waals surface area (Å²) in [6.07, 6.45) is 11.0. The number of aliphatic carboxylic acids is 1. The molecule has 27 heavy (non-hydrogen) atoms. The third-order valence-electron chi connectivity index (χ3n) is 5.64. The zero-order valence-electron chi connectivity index (χ0n) is 17.0. The maximum atomic E-state index is 12.2. The molecule has 3 N–H and O–H groups in total. The second-order valence-corrected chi connectivity index (χ2v) is 8.20. The maximum Gasteiger partial charge on any atom is 0.303 e. The van der Waals surface area contributed by atoms with E-state index in [1.807, 2.05) is 6.08 Å². The molecule has 1 fully saturated rings. The molecule has 1 rings (SSSR count). The van der Waals surface area contributed by atoms with Crippen LogP contribution in [0.4, 0.5) is 0 Å². The minimum absolute atomic E-state index is 0.105. The minimum Gasteiger partial charge on any atom is -0.481 e. The number of carboxylic acid groups (broad SMARTS) is 1. The molecule has 0 spiro atoms. The first-order valence-electron chi connectivity index (χ1n) is 10.6. The zero-order valence-corrected chi connectivity index (χ0v) is 17.0. The van der Waals surface area contributed by atoms with Crippen molar-refractivity contribution in [2.75, 3.05) is 0 Å². The Morgan fingerprint density at radius 1 is 1.22 bits per heavy atom. The first kappa shape index (κ1) is 23.8. The van der Waals surface area contributed by atoms with E-state index in [0.29, 0.717) is 18.8 Å². The van der Waals surface area contributed by atoms with E-state index in [1.165, 1.54) is 6.42 Å². The van der Waals surface area contributed by atoms with Crippen LogP contribution in [-0.4, -0.2) is 39.3 Å². The van der Waals surface area contributed by atoms with Crippen molar-refractivity contribution in [1.29, 1.82) is 0 Å². The van der Waals surface area contributed by atoms with Crippen LogP contribution in [0.2, 0.25) is 0 Å². The van der Waals surface area contributed by atoms with Crippen molar-refractivity contribution in [2.45, 2.75) is 96.7 Å². The average Bonchev–Trinajstić information content (AvgIpc) is 2.87. The summed E-state index contributed by atoms with van der Waals surface area (Å²) in [5.41, 5.74) is 0. The van der Waals surface area contributed by atoms with Crippen LogP contribution in [0.3, 0.4) is 0 Å². The Morgan fingerprint density at radius 3 is 2.59 bits per heavy atom. The predicted octanol–water partition coefficient (Wildman–Crippen LogP) is 4.11. The van der Waals surface area contributed by atoms with E-state index >= 15 is 0 Å². The monoisotopic (exact) mass is 382 g/mol. The van der Waals surface area contributed by atoms with Crippen LogP contribution >= 0.6 is 0 Å². The van der Waals surface area contributed by atoms with Crippen molar-refractivity contribution in [3.8, 4) is 0 Å². The Kier molecular flexibility index (Phi) is 11.5. The lowest BCUT2D eigenvalue weighted by Gasteiger charge is -2.19. The van der Waals surface area contributed by atoms with Gasteiger partial charge in [0.25, 0.3) is 0 Å². The van der Waals surface area contributed by atoms with E-state index in [-0.39, 0.29) is 30.5 Å². The summed E-state index contributed by atoms with van der Waals surface area (Å²) < 4.78 is 0. The number of aliphatic hydroxyl groups excluding tert-OH is 2. The highest BCUT2D eigenvalue weighted by Crippen LogP contribution is 2.34. The van der Waals surface area contributed by atoms with E-state index in [2.05, 4.69) is 13.8 Å². The van der Waals surface area contributed by atoms with Gasteiger partial charge in [-0.25, -0.2) is 0 Å². The summed E-state index contributed by atoms with van der Waals surface area (Å²) in [6, 6.07) is 0. The van der Waals surface area contributed by atoms with Crippen LogP contribution in [0.25, 0.3) is 0 Å². The first-order chi connectivity index (χ1) is 12.8. The molecule has 5 atom stereocenters. The standard InChI is InChI=1S/C22H38O5/c1-3-4-9-16(2)14-17(23)12-13-19-18(20(24)15-21(19)25)10-7-5-6-8-11-22(26)27/h12-13,16-19,21,23,25H,3-11,14-15H2,1-2H3,(H,26,27)/b13-12+/t16-,17+,18+,19+,21+/m0/s1. The van der Waals surface area contributed by atoms with E-state index in [1.54, 1.807) is 6.08 Å². The summed E-state index contributed by atoms with van der Waals surface area (Å²) in [7, 11) is 0. The lowest BCUT2D eigenvalue weighted by molar-refractivity contribution is -0.137. The number of ketones is 1. The molecule has 0 aromatic rings. The Hall–Kier alpha value is -1.20. The number of Topliss-reactive ketones (excluding diaryl/α,β-unsaturated/α-hetero) is 1. The molecule has 1 aliphatic carbocycles. The minimum atomic E-state index is -0.767. The zero-order chi connectivity index (χ0) is 20.2. The summed E-state index contributed by atoms with van der Waals surface area (Å²) in [4.78, 5) is 22.7. The van der Waals surface area contributed by atoms with Gasteiger partial charge >= 0.3 is 5.97 Å². The van der Waals surface area contributed by atoms with Crippen LogP contribution in [0.15, 0.2) is 12.2 Å². The Morgan fingerprint density at radius 2 is 1.93 bits per heavy atom. The SMILES string of the molecule is CCCC[C@H](C)C[C@H](O)/C=C/[C@H]1[C@H](O)CC(=O)[C@@H]1CCCCCCC(=O)O. The molecule has 0 saturated heterocycles. The number of carbonyl (C=O) groups is 2. The van der Waals surface area contributed by atoms with Crippen LogP contribution in [0.1, 0.15) is 84.5 Å². The fraction of sp³-hybridized carbons (Fsp3) is 0.818. The molecule has 0 aromatic carbocycles. The van der Waals surface area contributed by atoms with Gasteiger partial charge in [0.1, 0.15) is 5.78 Å². The Balaban J connectivity index is 2.43.